The molecule has 2 aromatic rings. The van der Waals surface area contributed by atoms with Crippen LogP contribution in [0.4, 0.5) is 5.69 Å². The molecule has 0 saturated carbocycles. The minimum absolute atomic E-state index is 0.572. The molecule has 1 aromatic heterocycles. The number of hydrogen-bond donors (Lipinski definition) is 3. The molecule has 0 unspecified atom stereocenters. The van der Waals surface area contributed by atoms with E-state index in [1.807, 2.05) is 0 Å². The van der Waals surface area contributed by atoms with Crippen LogP contribution in [-0.4, -0.2) is 34.3 Å². The molecule has 17 heavy (non-hydrogen) atoms. The number of nitrogens with one attached hydrogen (secondary N) is 3. The lowest BCUT2D eigenvalue weighted by atomic mass is 10.1. The molecule has 1 aliphatic heterocycles. The lowest BCUT2D eigenvalue weighted by Gasteiger charge is -2.28. The molecule has 3 N–H and O–H groups in total. The highest BCUT2D eigenvalue weighted by Gasteiger charge is 2.15. The van der Waals surface area contributed by atoms with Gasteiger partial charge in [0.25, 0.3) is 0 Å². The number of nitrogens with zero attached hydrogens (tertiary/aromatic N) is 2. The quantitative estimate of drug-likeness (QED) is 0.761. The average Bonchev–Trinajstić information content (AvgIpc) is 2.78. The zero-order valence-electron chi connectivity index (χ0n) is 9.18. The maximum absolute atomic E-state index is 4.08. The van der Waals surface area contributed by atoms with Crippen molar-refractivity contribution in [3.8, 4) is 0 Å². The standard InChI is InChI=1S/C11H13N5S/c1-3-10(17-11-13-7-14-16-11)4-2-8(1)15-9-5-12-6-9/h1-4,7,9,12,15H,5-6H2,(H,13,14,16). The normalized spacial score (nSPS) is 15.5. The van der Waals surface area contributed by atoms with E-state index >= 15 is 0 Å². The maximum atomic E-state index is 4.08. The lowest BCUT2D eigenvalue weighted by Crippen LogP contribution is -2.51. The smallest absolute Gasteiger partial charge is 0.188 e. The average molecular weight is 247 g/mol. The highest BCUT2D eigenvalue weighted by Crippen LogP contribution is 2.25. The van der Waals surface area contributed by atoms with Crippen LogP contribution in [-0.2, 0) is 0 Å². The first-order valence-electron chi connectivity index (χ1n) is 5.51. The Morgan fingerprint density at radius 1 is 1.24 bits per heavy atom. The zero-order valence-corrected chi connectivity index (χ0v) is 10.00. The van der Waals surface area contributed by atoms with Gasteiger partial charge in [-0.1, -0.05) is 11.8 Å². The van der Waals surface area contributed by atoms with Gasteiger partial charge in [-0.3, -0.25) is 5.10 Å². The number of aromatic nitrogens is 3. The second kappa shape index (κ2) is 4.77. The molecular formula is C11H13N5S. The summed E-state index contributed by atoms with van der Waals surface area (Å²) < 4.78 is 0. The topological polar surface area (TPSA) is 65.6 Å². The molecule has 1 aliphatic rings. The van der Waals surface area contributed by atoms with E-state index in [1.165, 1.54) is 12.0 Å². The Balaban J connectivity index is 1.63. The molecule has 0 spiro atoms. The van der Waals surface area contributed by atoms with Gasteiger partial charge >= 0.3 is 0 Å². The first kappa shape index (κ1) is 10.6. The van der Waals surface area contributed by atoms with Gasteiger partial charge in [-0.25, -0.2) is 4.98 Å². The van der Waals surface area contributed by atoms with Gasteiger partial charge in [0.2, 0.25) is 0 Å². The number of benzene rings is 1. The van der Waals surface area contributed by atoms with Crippen LogP contribution in [0.5, 0.6) is 0 Å². The molecule has 1 aromatic carbocycles. The van der Waals surface area contributed by atoms with Crippen LogP contribution in [0.1, 0.15) is 0 Å². The van der Waals surface area contributed by atoms with E-state index in [4.69, 9.17) is 0 Å². The second-order valence-corrected chi connectivity index (χ2v) is 4.98. The summed E-state index contributed by atoms with van der Waals surface area (Å²) in [6.45, 7) is 2.10. The Morgan fingerprint density at radius 2 is 2.06 bits per heavy atom. The lowest BCUT2D eigenvalue weighted by molar-refractivity contribution is 0.472. The van der Waals surface area contributed by atoms with Crippen molar-refractivity contribution in [1.29, 1.82) is 0 Å². The van der Waals surface area contributed by atoms with E-state index < -0.39 is 0 Å². The third-order valence-electron chi connectivity index (χ3n) is 2.61. The van der Waals surface area contributed by atoms with Crippen molar-refractivity contribution >= 4 is 17.4 Å². The van der Waals surface area contributed by atoms with Crippen LogP contribution in [0.2, 0.25) is 0 Å². The maximum Gasteiger partial charge on any atom is 0.188 e. The van der Waals surface area contributed by atoms with Gasteiger partial charge in [-0.15, -0.1) is 0 Å². The molecular weight excluding hydrogens is 234 g/mol. The Labute approximate surface area is 103 Å². The molecule has 5 nitrogen and oxygen atoms in total. The van der Waals surface area contributed by atoms with Crippen LogP contribution in [0.3, 0.4) is 0 Å². The van der Waals surface area contributed by atoms with E-state index in [0.29, 0.717) is 6.04 Å². The first-order valence-corrected chi connectivity index (χ1v) is 6.32. The van der Waals surface area contributed by atoms with E-state index in [0.717, 1.165) is 23.1 Å². The predicted octanol–water partition coefficient (Wildman–Crippen LogP) is 1.34. The molecule has 6 heteroatoms. The summed E-state index contributed by atoms with van der Waals surface area (Å²) in [7, 11) is 0. The molecule has 0 bridgehead atoms. The van der Waals surface area contributed by atoms with Crippen molar-refractivity contribution in [2.24, 2.45) is 0 Å². The summed E-state index contributed by atoms with van der Waals surface area (Å²) in [6.07, 6.45) is 1.52. The number of aromatic amines is 1. The van der Waals surface area contributed by atoms with Gasteiger partial charge in [-0.05, 0) is 24.3 Å². The van der Waals surface area contributed by atoms with Crippen molar-refractivity contribution in [3.63, 3.8) is 0 Å². The Morgan fingerprint density at radius 3 is 2.65 bits per heavy atom. The fourth-order valence-corrected chi connectivity index (χ4v) is 2.29. The van der Waals surface area contributed by atoms with Gasteiger partial charge in [0.15, 0.2) is 5.16 Å². The predicted molar refractivity (Wildman–Crippen MR) is 67.2 cm³/mol. The van der Waals surface area contributed by atoms with Crippen molar-refractivity contribution in [2.45, 2.75) is 16.1 Å². The summed E-state index contributed by atoms with van der Waals surface area (Å²) in [5.41, 5.74) is 1.17. The number of hydrogen-bond acceptors (Lipinski definition) is 5. The van der Waals surface area contributed by atoms with Crippen LogP contribution < -0.4 is 10.6 Å². The molecule has 0 amide bonds. The molecule has 0 radical (unpaired) electrons. The van der Waals surface area contributed by atoms with Gasteiger partial charge in [-0.2, -0.15) is 5.10 Å². The van der Waals surface area contributed by atoms with Crippen molar-refractivity contribution in [2.75, 3.05) is 18.4 Å². The molecule has 0 atom stereocenters. The SMILES string of the molecule is c1n[nH]c(Sc2ccc(NC3CNC3)cc2)n1. The highest BCUT2D eigenvalue weighted by atomic mass is 32.2. The fraction of sp³-hybridized carbons (Fsp3) is 0.273. The van der Waals surface area contributed by atoms with E-state index in [2.05, 4.69) is 50.1 Å². The number of H-pyrrole nitrogens is 1. The molecule has 1 saturated heterocycles. The minimum Gasteiger partial charge on any atom is -0.380 e. The van der Waals surface area contributed by atoms with E-state index in [1.54, 1.807) is 11.8 Å². The molecule has 3 rings (SSSR count). The second-order valence-electron chi connectivity index (χ2n) is 3.92. The van der Waals surface area contributed by atoms with Gasteiger partial charge < -0.3 is 10.6 Å². The van der Waals surface area contributed by atoms with E-state index in [9.17, 15) is 0 Å². The largest absolute Gasteiger partial charge is 0.380 e. The monoisotopic (exact) mass is 247 g/mol. The van der Waals surface area contributed by atoms with Crippen LogP contribution in [0.25, 0.3) is 0 Å². The molecule has 1 fully saturated rings. The summed E-state index contributed by atoms with van der Waals surface area (Å²) in [5.74, 6) is 0. The van der Waals surface area contributed by atoms with Crippen LogP contribution in [0.15, 0.2) is 40.6 Å². The number of rotatable bonds is 4. The third kappa shape index (κ3) is 2.59. The summed E-state index contributed by atoms with van der Waals surface area (Å²) in [4.78, 5) is 5.23. The summed E-state index contributed by atoms with van der Waals surface area (Å²) >= 11 is 1.57. The highest BCUT2D eigenvalue weighted by molar-refractivity contribution is 7.99. The first-order chi connectivity index (χ1) is 8.40. The summed E-state index contributed by atoms with van der Waals surface area (Å²) in [6, 6.07) is 8.93. The van der Waals surface area contributed by atoms with Gasteiger partial charge in [0.05, 0.1) is 6.04 Å². The van der Waals surface area contributed by atoms with Gasteiger partial charge in [0.1, 0.15) is 6.33 Å². The van der Waals surface area contributed by atoms with Gasteiger partial charge in [0, 0.05) is 23.7 Å². The molecule has 0 aliphatic carbocycles. The van der Waals surface area contributed by atoms with Crippen LogP contribution in [0, 0.1) is 0 Å². The van der Waals surface area contributed by atoms with Crippen molar-refractivity contribution in [1.82, 2.24) is 20.5 Å². The summed E-state index contributed by atoms with van der Waals surface area (Å²) in [5, 5.41) is 14.2. The zero-order chi connectivity index (χ0) is 11.5. The Bertz CT molecular complexity index is 463. The third-order valence-corrected chi connectivity index (χ3v) is 3.51. The fourth-order valence-electron chi connectivity index (χ4n) is 1.60. The van der Waals surface area contributed by atoms with E-state index in [-0.39, 0.29) is 0 Å². The minimum atomic E-state index is 0.572. The van der Waals surface area contributed by atoms with Crippen molar-refractivity contribution in [3.05, 3.63) is 30.6 Å². The molecule has 88 valence electrons. The number of anilines is 1. The van der Waals surface area contributed by atoms with Crippen molar-refractivity contribution < 1.29 is 0 Å². The molecule has 2 heterocycles. The Hall–Kier alpha value is -1.53. The van der Waals surface area contributed by atoms with Crippen LogP contribution >= 0.6 is 11.8 Å². The Kier molecular flexibility index (Phi) is 2.98.